The van der Waals surface area contributed by atoms with Gasteiger partial charge < -0.3 is 15.5 Å². The molecule has 134 valence electrons. The molecule has 2 heterocycles. The summed E-state index contributed by atoms with van der Waals surface area (Å²) in [5, 5.41) is 13.7. The lowest BCUT2D eigenvalue weighted by Crippen LogP contribution is -2.51. The number of H-pyrrole nitrogens is 1. The van der Waals surface area contributed by atoms with Gasteiger partial charge in [-0.15, -0.1) is 0 Å². The third-order valence-electron chi connectivity index (χ3n) is 4.90. The molecule has 3 N–H and O–H groups in total. The Morgan fingerprint density at radius 1 is 1.32 bits per heavy atom. The Balaban J connectivity index is 1.74. The molecule has 0 radical (unpaired) electrons. The third-order valence-corrected chi connectivity index (χ3v) is 4.90. The van der Waals surface area contributed by atoms with E-state index < -0.39 is 6.04 Å². The highest BCUT2D eigenvalue weighted by molar-refractivity contribution is 6.03. The average molecular weight is 343 g/mol. The van der Waals surface area contributed by atoms with Crippen molar-refractivity contribution in [2.45, 2.75) is 39.2 Å². The van der Waals surface area contributed by atoms with Gasteiger partial charge in [-0.05, 0) is 24.8 Å². The SMILES string of the molecule is CC[C@H](C)[C@H](NC(=O)N1CCCC1)C(=O)Nc1cccc2cn[nH]c12. The second-order valence-corrected chi connectivity index (χ2v) is 6.64. The molecule has 0 saturated carbocycles. The summed E-state index contributed by atoms with van der Waals surface area (Å²) >= 11 is 0. The van der Waals surface area contributed by atoms with Crippen LogP contribution in [0.1, 0.15) is 33.1 Å². The first kappa shape index (κ1) is 17.3. The Morgan fingerprint density at radius 2 is 2.08 bits per heavy atom. The zero-order valence-corrected chi connectivity index (χ0v) is 14.7. The minimum atomic E-state index is -0.573. The van der Waals surface area contributed by atoms with Crippen LogP contribution in [0.25, 0.3) is 10.9 Å². The van der Waals surface area contributed by atoms with Gasteiger partial charge in [-0.1, -0.05) is 32.4 Å². The predicted octanol–water partition coefficient (Wildman–Crippen LogP) is 2.72. The van der Waals surface area contributed by atoms with Crippen molar-refractivity contribution in [3.8, 4) is 0 Å². The summed E-state index contributed by atoms with van der Waals surface area (Å²) in [4.78, 5) is 27.0. The quantitative estimate of drug-likeness (QED) is 0.780. The van der Waals surface area contributed by atoms with Gasteiger partial charge in [0.25, 0.3) is 0 Å². The minimum absolute atomic E-state index is 0.0347. The number of urea groups is 1. The molecule has 1 saturated heterocycles. The number of carbonyl (C=O) groups excluding carboxylic acids is 2. The summed E-state index contributed by atoms with van der Waals surface area (Å²) in [6.45, 7) is 5.51. The van der Waals surface area contributed by atoms with Crippen LogP contribution in [0, 0.1) is 5.92 Å². The highest BCUT2D eigenvalue weighted by atomic mass is 16.2. The number of nitrogens with zero attached hydrogens (tertiary/aromatic N) is 2. The number of para-hydroxylation sites is 1. The van der Waals surface area contributed by atoms with Crippen LogP contribution in [-0.4, -0.2) is 46.2 Å². The number of rotatable bonds is 5. The number of benzene rings is 1. The Hall–Kier alpha value is -2.57. The average Bonchev–Trinajstić information content (AvgIpc) is 3.30. The highest BCUT2D eigenvalue weighted by Crippen LogP contribution is 2.21. The van der Waals surface area contributed by atoms with E-state index >= 15 is 0 Å². The van der Waals surface area contributed by atoms with Crippen LogP contribution in [-0.2, 0) is 4.79 Å². The first-order chi connectivity index (χ1) is 12.1. The van der Waals surface area contributed by atoms with Gasteiger partial charge in [0.05, 0.1) is 17.4 Å². The van der Waals surface area contributed by atoms with E-state index in [0.29, 0.717) is 5.69 Å². The first-order valence-electron chi connectivity index (χ1n) is 8.88. The van der Waals surface area contributed by atoms with E-state index in [1.54, 1.807) is 11.1 Å². The second kappa shape index (κ2) is 7.55. The van der Waals surface area contributed by atoms with Crippen molar-refractivity contribution in [3.05, 3.63) is 24.4 Å². The molecule has 0 bridgehead atoms. The Bertz CT molecular complexity index is 751. The third kappa shape index (κ3) is 3.75. The summed E-state index contributed by atoms with van der Waals surface area (Å²) in [5.74, 6) is -0.170. The molecule has 0 aliphatic carbocycles. The fraction of sp³-hybridized carbons (Fsp3) is 0.500. The maximum absolute atomic E-state index is 12.9. The Kier molecular flexibility index (Phi) is 5.21. The largest absolute Gasteiger partial charge is 0.326 e. The van der Waals surface area contributed by atoms with Crippen LogP contribution < -0.4 is 10.6 Å². The number of aromatic amines is 1. The van der Waals surface area contributed by atoms with Crippen LogP contribution >= 0.6 is 0 Å². The summed E-state index contributed by atoms with van der Waals surface area (Å²) in [7, 11) is 0. The van der Waals surface area contributed by atoms with E-state index in [-0.39, 0.29) is 17.9 Å². The lowest BCUT2D eigenvalue weighted by molar-refractivity contribution is -0.119. The summed E-state index contributed by atoms with van der Waals surface area (Å²) in [6, 6.07) is 4.90. The number of anilines is 1. The van der Waals surface area contributed by atoms with Crippen molar-refractivity contribution >= 4 is 28.5 Å². The molecular formula is C18H25N5O2. The van der Waals surface area contributed by atoms with Crippen LogP contribution in [0.5, 0.6) is 0 Å². The van der Waals surface area contributed by atoms with Gasteiger partial charge in [-0.2, -0.15) is 5.10 Å². The number of fused-ring (bicyclic) bond motifs is 1. The molecule has 3 amide bonds. The van der Waals surface area contributed by atoms with Crippen molar-refractivity contribution in [2.24, 2.45) is 5.92 Å². The lowest BCUT2D eigenvalue weighted by Gasteiger charge is -2.26. The molecule has 2 aromatic rings. The topological polar surface area (TPSA) is 90.1 Å². The van der Waals surface area contributed by atoms with Gasteiger partial charge in [0.1, 0.15) is 6.04 Å². The van der Waals surface area contributed by atoms with Crippen molar-refractivity contribution in [1.29, 1.82) is 0 Å². The molecule has 3 rings (SSSR count). The number of aromatic nitrogens is 2. The van der Waals surface area contributed by atoms with Crippen LogP contribution in [0.15, 0.2) is 24.4 Å². The maximum atomic E-state index is 12.9. The fourth-order valence-electron chi connectivity index (χ4n) is 3.13. The van der Waals surface area contributed by atoms with E-state index in [4.69, 9.17) is 0 Å². The van der Waals surface area contributed by atoms with E-state index in [1.807, 2.05) is 32.0 Å². The molecule has 2 atom stereocenters. The molecule has 25 heavy (non-hydrogen) atoms. The number of likely N-dealkylation sites (tertiary alicyclic amines) is 1. The van der Waals surface area contributed by atoms with Crippen molar-refractivity contribution < 1.29 is 9.59 Å². The van der Waals surface area contributed by atoms with Crippen LogP contribution in [0.4, 0.5) is 10.5 Å². The molecule has 0 unspecified atom stereocenters. The molecule has 7 nitrogen and oxygen atoms in total. The van der Waals surface area contributed by atoms with Crippen molar-refractivity contribution in [2.75, 3.05) is 18.4 Å². The zero-order chi connectivity index (χ0) is 17.8. The van der Waals surface area contributed by atoms with Crippen molar-refractivity contribution in [1.82, 2.24) is 20.4 Å². The summed E-state index contributed by atoms with van der Waals surface area (Å²) in [6.07, 6.45) is 4.56. The highest BCUT2D eigenvalue weighted by Gasteiger charge is 2.29. The van der Waals surface area contributed by atoms with Gasteiger partial charge >= 0.3 is 6.03 Å². The van der Waals surface area contributed by atoms with E-state index in [1.165, 1.54) is 0 Å². The predicted molar refractivity (Wildman–Crippen MR) is 97.3 cm³/mol. The molecule has 1 aromatic carbocycles. The Morgan fingerprint density at radius 3 is 2.80 bits per heavy atom. The minimum Gasteiger partial charge on any atom is -0.326 e. The van der Waals surface area contributed by atoms with E-state index in [0.717, 1.165) is 43.3 Å². The van der Waals surface area contributed by atoms with Gasteiger partial charge in [0, 0.05) is 18.5 Å². The molecule has 0 spiro atoms. The number of hydrogen-bond donors (Lipinski definition) is 3. The summed E-state index contributed by atoms with van der Waals surface area (Å²) in [5.41, 5.74) is 1.45. The number of amides is 3. The van der Waals surface area contributed by atoms with Gasteiger partial charge in [0.15, 0.2) is 0 Å². The molecule has 1 aliphatic heterocycles. The normalized spacial score (nSPS) is 16.6. The number of nitrogens with one attached hydrogen (secondary N) is 3. The lowest BCUT2D eigenvalue weighted by atomic mass is 9.98. The monoisotopic (exact) mass is 343 g/mol. The fourth-order valence-corrected chi connectivity index (χ4v) is 3.13. The van der Waals surface area contributed by atoms with Crippen LogP contribution in [0.3, 0.4) is 0 Å². The molecule has 7 heteroatoms. The zero-order valence-electron chi connectivity index (χ0n) is 14.7. The second-order valence-electron chi connectivity index (χ2n) is 6.64. The smallest absolute Gasteiger partial charge is 0.318 e. The first-order valence-corrected chi connectivity index (χ1v) is 8.88. The number of hydrogen-bond acceptors (Lipinski definition) is 3. The molecular weight excluding hydrogens is 318 g/mol. The number of carbonyl (C=O) groups is 2. The van der Waals surface area contributed by atoms with Crippen LogP contribution in [0.2, 0.25) is 0 Å². The standard InChI is InChI=1S/C18H25N5O2/c1-3-12(2)15(21-18(25)23-9-4-5-10-23)17(24)20-14-8-6-7-13-11-19-22-16(13)14/h6-8,11-12,15H,3-5,9-10H2,1-2H3,(H,19,22)(H,20,24)(H,21,25)/t12-,15-/m0/s1. The van der Waals surface area contributed by atoms with Gasteiger partial charge in [0.2, 0.25) is 5.91 Å². The molecule has 1 aliphatic rings. The van der Waals surface area contributed by atoms with Crippen molar-refractivity contribution in [3.63, 3.8) is 0 Å². The van der Waals surface area contributed by atoms with E-state index in [2.05, 4.69) is 20.8 Å². The Labute approximate surface area is 147 Å². The van der Waals surface area contributed by atoms with Gasteiger partial charge in [-0.3, -0.25) is 9.89 Å². The summed E-state index contributed by atoms with van der Waals surface area (Å²) < 4.78 is 0. The maximum Gasteiger partial charge on any atom is 0.318 e. The molecule has 1 fully saturated rings. The van der Waals surface area contributed by atoms with Gasteiger partial charge in [-0.25, -0.2) is 4.79 Å². The molecule has 1 aromatic heterocycles. The van der Waals surface area contributed by atoms with E-state index in [9.17, 15) is 9.59 Å².